The summed E-state index contributed by atoms with van der Waals surface area (Å²) in [6.45, 7) is 1.50. The maximum Gasteiger partial charge on any atom is 0.295 e. The van der Waals surface area contributed by atoms with Crippen molar-refractivity contribution in [2.75, 3.05) is 6.54 Å². The Morgan fingerprint density at radius 1 is 1.14 bits per heavy atom. The van der Waals surface area contributed by atoms with Crippen molar-refractivity contribution in [3.05, 3.63) is 76.6 Å². The van der Waals surface area contributed by atoms with Crippen LogP contribution in [0.15, 0.2) is 54.1 Å². The van der Waals surface area contributed by atoms with Crippen LogP contribution in [0.1, 0.15) is 29.2 Å². The molecule has 6 nitrogen and oxygen atoms in total. The highest BCUT2D eigenvalue weighted by Crippen LogP contribution is 2.40. The van der Waals surface area contributed by atoms with Gasteiger partial charge in [-0.1, -0.05) is 48.0 Å². The van der Waals surface area contributed by atoms with Gasteiger partial charge in [-0.25, -0.2) is 4.39 Å². The van der Waals surface area contributed by atoms with E-state index >= 15 is 0 Å². The van der Waals surface area contributed by atoms with Gasteiger partial charge in [0.2, 0.25) is 0 Å². The SMILES string of the molecule is Cc1ccc(C(O)=C2C(=O)C(=O)N(CCC(=O)[O-])[C@@H]2c2ccccc2F)cc1. The van der Waals surface area contributed by atoms with E-state index in [0.717, 1.165) is 10.5 Å². The predicted octanol–water partition coefficient (Wildman–Crippen LogP) is 1.70. The van der Waals surface area contributed by atoms with Gasteiger partial charge in [0.15, 0.2) is 0 Å². The van der Waals surface area contributed by atoms with Crippen LogP contribution in [0.5, 0.6) is 0 Å². The number of nitrogens with zero attached hydrogens (tertiary/aromatic N) is 1. The van der Waals surface area contributed by atoms with Crippen LogP contribution in [0.2, 0.25) is 0 Å². The molecule has 0 aromatic heterocycles. The summed E-state index contributed by atoms with van der Waals surface area (Å²) in [5.74, 6) is -4.52. The fourth-order valence-corrected chi connectivity index (χ4v) is 3.21. The average molecular weight is 382 g/mol. The molecule has 1 fully saturated rings. The van der Waals surface area contributed by atoms with Gasteiger partial charge in [-0.05, 0) is 13.0 Å². The Balaban J connectivity index is 2.18. The summed E-state index contributed by atoms with van der Waals surface area (Å²) in [6.07, 6.45) is -0.525. The van der Waals surface area contributed by atoms with Gasteiger partial charge in [0.25, 0.3) is 11.7 Å². The first-order valence-electron chi connectivity index (χ1n) is 8.61. The van der Waals surface area contributed by atoms with Gasteiger partial charge in [0.1, 0.15) is 11.6 Å². The predicted molar refractivity (Wildman–Crippen MR) is 96.2 cm³/mol. The molecule has 0 aliphatic carbocycles. The molecule has 1 aliphatic rings. The number of carboxylic acid groups (broad SMARTS) is 1. The molecule has 0 spiro atoms. The van der Waals surface area contributed by atoms with E-state index in [1.807, 2.05) is 6.92 Å². The fraction of sp³-hybridized carbons (Fsp3) is 0.190. The molecule has 144 valence electrons. The van der Waals surface area contributed by atoms with Crippen LogP contribution in [-0.2, 0) is 14.4 Å². The van der Waals surface area contributed by atoms with E-state index in [1.165, 1.54) is 24.3 Å². The number of carbonyl (C=O) groups excluding carboxylic acids is 3. The summed E-state index contributed by atoms with van der Waals surface area (Å²) >= 11 is 0. The number of aliphatic carboxylic acids is 1. The van der Waals surface area contributed by atoms with E-state index in [0.29, 0.717) is 5.56 Å². The normalized spacial score (nSPS) is 18.5. The number of carbonyl (C=O) groups is 3. The van der Waals surface area contributed by atoms with Crippen molar-refractivity contribution in [2.24, 2.45) is 0 Å². The second-order valence-electron chi connectivity index (χ2n) is 6.50. The number of aryl methyl sites for hydroxylation is 1. The van der Waals surface area contributed by atoms with Gasteiger partial charge >= 0.3 is 0 Å². The molecule has 1 aliphatic heterocycles. The maximum atomic E-state index is 14.5. The fourth-order valence-electron chi connectivity index (χ4n) is 3.21. The summed E-state index contributed by atoms with van der Waals surface area (Å²) in [5, 5.41) is 21.6. The van der Waals surface area contributed by atoms with Crippen LogP contribution in [0.3, 0.4) is 0 Å². The highest BCUT2D eigenvalue weighted by Gasteiger charge is 2.46. The van der Waals surface area contributed by atoms with Crippen molar-refractivity contribution in [3.8, 4) is 0 Å². The number of aliphatic hydroxyl groups excluding tert-OH is 1. The Hall–Kier alpha value is -3.48. The molecule has 2 aromatic rings. The van der Waals surface area contributed by atoms with Gasteiger partial charge in [0.05, 0.1) is 11.6 Å². The highest BCUT2D eigenvalue weighted by atomic mass is 19.1. The van der Waals surface area contributed by atoms with Gasteiger partial charge in [-0.3, -0.25) is 9.59 Å². The number of Topliss-reactive ketones (excluding diaryl/α,β-unsaturated/α-hetero) is 1. The lowest BCUT2D eigenvalue weighted by molar-refractivity contribution is -0.305. The Kier molecular flexibility index (Phi) is 5.26. The van der Waals surface area contributed by atoms with Crippen LogP contribution in [0, 0.1) is 12.7 Å². The Labute approximate surface area is 160 Å². The summed E-state index contributed by atoms with van der Waals surface area (Å²) in [5.41, 5.74) is 0.937. The van der Waals surface area contributed by atoms with Crippen LogP contribution >= 0.6 is 0 Å². The third-order valence-corrected chi connectivity index (χ3v) is 4.62. The first kappa shape index (κ1) is 19.3. The topological polar surface area (TPSA) is 97.7 Å². The lowest BCUT2D eigenvalue weighted by Gasteiger charge is -2.25. The summed E-state index contributed by atoms with van der Waals surface area (Å²) in [6, 6.07) is 10.9. The zero-order valence-corrected chi connectivity index (χ0v) is 15.0. The van der Waals surface area contributed by atoms with Crippen LogP contribution < -0.4 is 5.11 Å². The van der Waals surface area contributed by atoms with Gasteiger partial charge in [-0.2, -0.15) is 0 Å². The molecule has 3 rings (SSSR count). The molecule has 2 aromatic carbocycles. The largest absolute Gasteiger partial charge is 0.550 e. The van der Waals surface area contributed by atoms with E-state index in [2.05, 4.69) is 0 Å². The van der Waals surface area contributed by atoms with Gasteiger partial charge < -0.3 is 19.9 Å². The minimum absolute atomic E-state index is 0.00582. The Bertz CT molecular complexity index is 981. The van der Waals surface area contributed by atoms with E-state index < -0.39 is 41.7 Å². The number of rotatable bonds is 5. The van der Waals surface area contributed by atoms with Crippen LogP contribution in [0.4, 0.5) is 4.39 Å². The van der Waals surface area contributed by atoms with Gasteiger partial charge in [0, 0.05) is 30.1 Å². The molecule has 28 heavy (non-hydrogen) atoms. The smallest absolute Gasteiger partial charge is 0.295 e. The number of hydrogen-bond acceptors (Lipinski definition) is 5. The van der Waals surface area contributed by atoms with Crippen LogP contribution in [0.25, 0.3) is 5.76 Å². The monoisotopic (exact) mass is 382 g/mol. The van der Waals surface area contributed by atoms with E-state index in [4.69, 9.17) is 0 Å². The molecular formula is C21H17FNO5-. The number of ketones is 1. The third-order valence-electron chi connectivity index (χ3n) is 4.62. The molecular weight excluding hydrogens is 365 g/mol. The molecule has 0 bridgehead atoms. The quantitative estimate of drug-likeness (QED) is 0.482. The molecule has 1 amide bonds. The van der Waals surface area contributed by atoms with E-state index in [1.54, 1.807) is 24.3 Å². The zero-order valence-electron chi connectivity index (χ0n) is 15.0. The number of aliphatic hydroxyl groups is 1. The van der Waals surface area contributed by atoms with Gasteiger partial charge in [-0.15, -0.1) is 0 Å². The van der Waals surface area contributed by atoms with Crippen molar-refractivity contribution >= 4 is 23.4 Å². The van der Waals surface area contributed by atoms with Crippen molar-refractivity contribution in [3.63, 3.8) is 0 Å². The lowest BCUT2D eigenvalue weighted by atomic mass is 9.94. The van der Waals surface area contributed by atoms with Crippen molar-refractivity contribution in [1.82, 2.24) is 4.90 Å². The number of halogens is 1. The number of carboxylic acids is 1. The number of amides is 1. The second-order valence-corrected chi connectivity index (χ2v) is 6.50. The first-order valence-corrected chi connectivity index (χ1v) is 8.61. The molecule has 1 atom stereocenters. The Morgan fingerprint density at radius 3 is 2.39 bits per heavy atom. The standard InChI is InChI=1S/C21H18FNO5/c1-12-6-8-13(9-7-12)19(26)17-18(14-4-2-3-5-15(14)22)23(11-10-16(24)25)21(28)20(17)27/h2-9,18,26H,10-11H2,1H3,(H,24,25)/p-1/t18-/m1/s1. The minimum atomic E-state index is -1.41. The molecule has 1 N–H and O–H groups in total. The number of likely N-dealkylation sites (tertiary alicyclic amines) is 1. The molecule has 0 saturated carbocycles. The van der Waals surface area contributed by atoms with Crippen molar-refractivity contribution < 1.29 is 29.0 Å². The number of benzene rings is 2. The molecule has 0 unspecified atom stereocenters. The van der Waals surface area contributed by atoms with Crippen molar-refractivity contribution in [2.45, 2.75) is 19.4 Å². The summed E-state index contributed by atoms with van der Waals surface area (Å²) in [4.78, 5) is 37.0. The Morgan fingerprint density at radius 2 is 1.79 bits per heavy atom. The lowest BCUT2D eigenvalue weighted by Crippen LogP contribution is -2.35. The van der Waals surface area contributed by atoms with E-state index in [-0.39, 0.29) is 17.7 Å². The summed E-state index contributed by atoms with van der Waals surface area (Å²) in [7, 11) is 0. The second kappa shape index (κ2) is 7.64. The molecule has 1 saturated heterocycles. The molecule has 0 radical (unpaired) electrons. The molecule has 1 heterocycles. The van der Waals surface area contributed by atoms with Crippen LogP contribution in [-0.4, -0.2) is 34.2 Å². The van der Waals surface area contributed by atoms with E-state index in [9.17, 15) is 29.0 Å². The number of hydrogen-bond donors (Lipinski definition) is 1. The zero-order chi connectivity index (χ0) is 20.4. The highest BCUT2D eigenvalue weighted by molar-refractivity contribution is 6.46. The summed E-state index contributed by atoms with van der Waals surface area (Å²) < 4.78 is 14.5. The third kappa shape index (κ3) is 3.51. The minimum Gasteiger partial charge on any atom is -0.550 e. The molecule has 7 heteroatoms. The average Bonchev–Trinajstić information content (AvgIpc) is 2.91. The maximum absolute atomic E-state index is 14.5. The van der Waals surface area contributed by atoms with Crippen molar-refractivity contribution in [1.29, 1.82) is 0 Å². The first-order chi connectivity index (χ1) is 13.3.